The Hall–Kier alpha value is 0.749. The molecule has 0 amide bonds. The van der Waals surface area contributed by atoms with E-state index in [2.05, 4.69) is 20.8 Å². The van der Waals surface area contributed by atoms with Crippen LogP contribution in [-0.2, 0) is 4.57 Å². The van der Waals surface area contributed by atoms with Gasteiger partial charge in [-0.25, -0.2) is 0 Å². The predicted molar refractivity (Wildman–Crippen MR) is 128 cm³/mol. The third-order valence-electron chi connectivity index (χ3n) is 5.76. The average molecular weight is 466 g/mol. The molecule has 0 saturated carbocycles. The fourth-order valence-electron chi connectivity index (χ4n) is 3.88. The maximum Gasteiger partial charge on any atom is 0.0877 e. The van der Waals surface area contributed by atoms with E-state index < -0.39 is 7.14 Å². The quantitative estimate of drug-likeness (QED) is 0.0938. The van der Waals surface area contributed by atoms with Gasteiger partial charge in [0, 0.05) is 35.6 Å². The first kappa shape index (κ1) is 29.9. The van der Waals surface area contributed by atoms with Crippen molar-refractivity contribution < 1.29 is 4.57 Å². The average Bonchev–Trinajstić information content (AvgIpc) is 2.64. The summed E-state index contributed by atoms with van der Waals surface area (Å²) in [6, 6.07) is 0. The summed E-state index contributed by atoms with van der Waals surface area (Å²) in [5.41, 5.74) is 0. The second kappa shape index (κ2) is 23.0. The second-order valence-electron chi connectivity index (χ2n) is 8.53. The van der Waals surface area contributed by atoms with Crippen LogP contribution in [0.4, 0.5) is 0 Å². The standard InChI is InChI=1S/C24H51OP.Se/c1-4-7-10-13-16-19-22-26(25,23-20-17-14-11-8-5-2)24-21-18-15-12-9-6-3;/h4-24H2,1-3H3;. The first-order valence-electron chi connectivity index (χ1n) is 12.3. The molecule has 0 aliphatic carbocycles. The number of hydrogen-bond donors (Lipinski definition) is 0. The molecule has 0 bridgehead atoms. The van der Waals surface area contributed by atoms with Gasteiger partial charge in [0.15, 0.2) is 0 Å². The Bertz CT molecular complexity index is 272. The Labute approximate surface area is 183 Å². The van der Waals surface area contributed by atoms with Gasteiger partial charge in [-0.2, -0.15) is 0 Å². The molecule has 0 atom stereocenters. The van der Waals surface area contributed by atoms with Gasteiger partial charge in [-0.05, 0) is 19.3 Å². The van der Waals surface area contributed by atoms with Gasteiger partial charge in [0.25, 0.3) is 0 Å². The Kier molecular flexibility index (Phi) is 25.5. The monoisotopic (exact) mass is 466 g/mol. The van der Waals surface area contributed by atoms with E-state index in [-0.39, 0.29) is 17.1 Å². The van der Waals surface area contributed by atoms with Gasteiger partial charge in [0.05, 0.1) is 7.14 Å². The van der Waals surface area contributed by atoms with Gasteiger partial charge in [0.1, 0.15) is 0 Å². The van der Waals surface area contributed by atoms with Gasteiger partial charge in [0.2, 0.25) is 0 Å². The Morgan fingerprint density at radius 1 is 0.407 bits per heavy atom. The molecule has 0 heterocycles. The summed E-state index contributed by atoms with van der Waals surface area (Å²) in [4.78, 5) is 0. The normalized spacial score (nSPS) is 11.5. The van der Waals surface area contributed by atoms with Crippen LogP contribution in [0.1, 0.15) is 136 Å². The van der Waals surface area contributed by atoms with Gasteiger partial charge in [-0.15, -0.1) is 0 Å². The van der Waals surface area contributed by atoms with Crippen LogP contribution in [0.5, 0.6) is 0 Å². The van der Waals surface area contributed by atoms with Crippen LogP contribution in [0.3, 0.4) is 0 Å². The minimum atomic E-state index is -1.89. The molecule has 0 aromatic rings. The van der Waals surface area contributed by atoms with Crippen molar-refractivity contribution >= 4 is 24.2 Å². The number of unbranched alkanes of at least 4 members (excludes halogenated alkanes) is 15. The summed E-state index contributed by atoms with van der Waals surface area (Å²) in [7, 11) is -1.89. The van der Waals surface area contributed by atoms with E-state index in [1.165, 1.54) is 116 Å². The van der Waals surface area contributed by atoms with E-state index >= 15 is 0 Å². The van der Waals surface area contributed by atoms with E-state index in [0.29, 0.717) is 0 Å². The molecule has 0 N–H and O–H groups in total. The Morgan fingerprint density at radius 3 is 0.889 bits per heavy atom. The molecule has 0 aromatic carbocycles. The number of rotatable bonds is 21. The number of hydrogen-bond acceptors (Lipinski definition) is 1. The Balaban J connectivity index is 0. The van der Waals surface area contributed by atoms with E-state index in [4.69, 9.17) is 0 Å². The second-order valence-corrected chi connectivity index (χ2v) is 12.0. The molecule has 0 spiro atoms. The van der Waals surface area contributed by atoms with Gasteiger partial charge in [-0.3, -0.25) is 0 Å². The summed E-state index contributed by atoms with van der Waals surface area (Å²) in [6.45, 7) is 6.82. The topological polar surface area (TPSA) is 17.1 Å². The molecule has 0 rings (SSSR count). The van der Waals surface area contributed by atoms with Gasteiger partial charge < -0.3 is 4.57 Å². The minimum Gasteiger partial charge on any atom is -0.324 e. The SMILES string of the molecule is CCCCCCCCP(=O)(CCCCCCCC)CCCCCCCC.[Se]. The Morgan fingerprint density at radius 2 is 0.630 bits per heavy atom. The first-order chi connectivity index (χ1) is 12.7. The summed E-state index contributed by atoms with van der Waals surface area (Å²) < 4.78 is 13.5. The fourth-order valence-corrected chi connectivity index (χ4v) is 6.95. The summed E-state index contributed by atoms with van der Waals surface area (Å²) >= 11 is 0. The van der Waals surface area contributed by atoms with E-state index in [1.54, 1.807) is 0 Å². The van der Waals surface area contributed by atoms with Crippen LogP contribution < -0.4 is 0 Å². The smallest absolute Gasteiger partial charge is 0.0877 e. The third kappa shape index (κ3) is 21.3. The molecule has 2 radical (unpaired) electrons. The maximum absolute atomic E-state index is 13.5. The van der Waals surface area contributed by atoms with Crippen molar-refractivity contribution in [3.05, 3.63) is 0 Å². The molecule has 1 nitrogen and oxygen atoms in total. The van der Waals surface area contributed by atoms with Crippen LogP contribution in [0.2, 0.25) is 0 Å². The van der Waals surface area contributed by atoms with Gasteiger partial charge >= 0.3 is 0 Å². The summed E-state index contributed by atoms with van der Waals surface area (Å²) in [5, 5.41) is 0. The molecule has 3 heteroatoms. The van der Waals surface area contributed by atoms with Crippen molar-refractivity contribution in [3.63, 3.8) is 0 Å². The molecule has 0 fully saturated rings. The van der Waals surface area contributed by atoms with E-state index in [1.807, 2.05) is 0 Å². The van der Waals surface area contributed by atoms with Crippen LogP contribution in [0.15, 0.2) is 0 Å². The molecule has 0 unspecified atom stereocenters. The molecule has 27 heavy (non-hydrogen) atoms. The van der Waals surface area contributed by atoms with Crippen molar-refractivity contribution in [2.24, 2.45) is 0 Å². The van der Waals surface area contributed by atoms with Crippen molar-refractivity contribution in [1.82, 2.24) is 0 Å². The summed E-state index contributed by atoms with van der Waals surface area (Å²) in [5.74, 6) is 0. The zero-order valence-electron chi connectivity index (χ0n) is 19.1. The fraction of sp³-hybridized carbons (Fsp3) is 1.00. The summed E-state index contributed by atoms with van der Waals surface area (Å²) in [6.07, 6.45) is 26.9. The first-order valence-corrected chi connectivity index (χ1v) is 14.5. The molecule has 0 aromatic heterocycles. The molecule has 0 aliphatic rings. The zero-order valence-corrected chi connectivity index (χ0v) is 21.7. The zero-order chi connectivity index (χ0) is 19.3. The molecular weight excluding hydrogens is 414 g/mol. The van der Waals surface area contributed by atoms with Crippen molar-refractivity contribution in [2.45, 2.75) is 136 Å². The van der Waals surface area contributed by atoms with E-state index in [9.17, 15) is 4.57 Å². The van der Waals surface area contributed by atoms with E-state index in [0.717, 1.165) is 18.5 Å². The minimum absolute atomic E-state index is 0. The molecule has 0 saturated heterocycles. The maximum atomic E-state index is 13.5. The van der Waals surface area contributed by atoms with Crippen molar-refractivity contribution in [1.29, 1.82) is 0 Å². The molecule has 0 aliphatic heterocycles. The van der Waals surface area contributed by atoms with Crippen LogP contribution >= 0.6 is 7.14 Å². The van der Waals surface area contributed by atoms with Crippen molar-refractivity contribution in [2.75, 3.05) is 18.5 Å². The van der Waals surface area contributed by atoms with Crippen LogP contribution in [-0.4, -0.2) is 35.6 Å². The predicted octanol–water partition coefficient (Wildman–Crippen LogP) is 9.05. The third-order valence-corrected chi connectivity index (χ3v) is 9.15. The van der Waals surface area contributed by atoms with Gasteiger partial charge in [-0.1, -0.05) is 117 Å². The molecular formula is C24H51OPSe. The van der Waals surface area contributed by atoms with Crippen LogP contribution in [0.25, 0.3) is 0 Å². The van der Waals surface area contributed by atoms with Crippen molar-refractivity contribution in [3.8, 4) is 0 Å². The largest absolute Gasteiger partial charge is 0.324 e. The molecule has 164 valence electrons. The van der Waals surface area contributed by atoms with Crippen LogP contribution in [0, 0.1) is 0 Å².